The lowest BCUT2D eigenvalue weighted by Crippen LogP contribution is -2.64. The van der Waals surface area contributed by atoms with E-state index in [9.17, 15) is 46.0 Å². The van der Waals surface area contributed by atoms with Crippen LogP contribution in [-0.4, -0.2) is 145 Å². The van der Waals surface area contributed by atoms with E-state index in [1.807, 2.05) is 0 Å². The number of hydrogen-bond donors (Lipinski definition) is 9. The largest absolute Gasteiger partial charge is 0.388 e. The van der Waals surface area contributed by atoms with E-state index in [2.05, 4.69) is 0 Å². The van der Waals surface area contributed by atoms with Gasteiger partial charge in [-0.25, -0.2) is 0 Å². The lowest BCUT2D eigenvalue weighted by atomic mass is 9.97. The molecule has 15 unspecified atom stereocenters. The maximum Gasteiger partial charge on any atom is 0.187 e. The normalized spacial score (nSPS) is 55.0. The molecule has 0 aromatic heterocycles. The summed E-state index contributed by atoms with van der Waals surface area (Å²) < 4.78 is 27.0. The molecule has 0 aromatic rings. The Morgan fingerprint density at radius 3 is 1.72 bits per heavy atom. The second kappa shape index (κ2) is 10.4. The van der Waals surface area contributed by atoms with Gasteiger partial charge < -0.3 is 69.6 Å². The molecule has 9 N–H and O–H groups in total. The molecule has 3 aliphatic rings. The van der Waals surface area contributed by atoms with Gasteiger partial charge in [0.05, 0.1) is 18.8 Å². The minimum atomic E-state index is -1.78. The molecule has 3 rings (SSSR count). The molecule has 15 atom stereocenters. The third-order valence-electron chi connectivity index (χ3n) is 6.00. The number of aliphatic hydroxyl groups is 9. The van der Waals surface area contributed by atoms with Gasteiger partial charge in [0.25, 0.3) is 0 Å². The Labute approximate surface area is 183 Å². The fraction of sp³-hybridized carbons (Fsp3) is 1.00. The Hall–Kier alpha value is -0.560. The minimum absolute atomic E-state index is 0.492. The van der Waals surface area contributed by atoms with Crippen LogP contribution in [0.5, 0.6) is 0 Å². The third kappa shape index (κ3) is 5.08. The summed E-state index contributed by atoms with van der Waals surface area (Å²) in [5, 5.41) is 89.7. The minimum Gasteiger partial charge on any atom is -0.388 e. The molecular weight excluding hydrogens is 440 g/mol. The zero-order chi connectivity index (χ0) is 23.9. The molecule has 0 bridgehead atoms. The Morgan fingerprint density at radius 1 is 0.562 bits per heavy atom. The maximum atomic E-state index is 10.5. The molecule has 3 saturated heterocycles. The average molecular weight is 472 g/mol. The van der Waals surface area contributed by atoms with Gasteiger partial charge in [0, 0.05) is 0 Å². The van der Waals surface area contributed by atoms with Crippen molar-refractivity contribution in [2.45, 2.75) is 106 Å². The first-order valence-electron chi connectivity index (χ1n) is 10.3. The topological polar surface area (TPSA) is 228 Å². The zero-order valence-electron chi connectivity index (χ0n) is 17.4. The first-order valence-corrected chi connectivity index (χ1v) is 10.3. The molecule has 0 radical (unpaired) electrons. The van der Waals surface area contributed by atoms with Crippen LogP contribution < -0.4 is 0 Å². The molecule has 0 aliphatic carbocycles. The molecule has 14 nitrogen and oxygen atoms in total. The van der Waals surface area contributed by atoms with Crippen LogP contribution in [0.25, 0.3) is 0 Å². The summed E-state index contributed by atoms with van der Waals surface area (Å²) in [6, 6.07) is 0. The van der Waals surface area contributed by atoms with Crippen molar-refractivity contribution in [1.82, 2.24) is 0 Å². The van der Waals surface area contributed by atoms with E-state index in [0.717, 1.165) is 0 Å². The molecule has 0 aromatic carbocycles. The van der Waals surface area contributed by atoms with Gasteiger partial charge in [-0.05, 0) is 13.8 Å². The number of ether oxygens (including phenoxy) is 5. The van der Waals surface area contributed by atoms with Crippen LogP contribution in [0.2, 0.25) is 0 Å². The van der Waals surface area contributed by atoms with Gasteiger partial charge in [0.1, 0.15) is 61.0 Å². The van der Waals surface area contributed by atoms with Crippen molar-refractivity contribution in [3.63, 3.8) is 0 Å². The average Bonchev–Trinajstić information content (AvgIpc) is 2.76. The molecule has 32 heavy (non-hydrogen) atoms. The monoisotopic (exact) mass is 472 g/mol. The molecule has 14 heteroatoms. The lowest BCUT2D eigenvalue weighted by Gasteiger charge is -2.46. The summed E-state index contributed by atoms with van der Waals surface area (Å²) in [6.45, 7) is 2.39. The van der Waals surface area contributed by atoms with Crippen molar-refractivity contribution < 1.29 is 69.6 Å². The lowest BCUT2D eigenvalue weighted by molar-refractivity contribution is -0.367. The Bertz CT molecular complexity index is 610. The highest BCUT2D eigenvalue weighted by Crippen LogP contribution is 2.30. The number of rotatable bonds is 5. The highest BCUT2D eigenvalue weighted by molar-refractivity contribution is 4.93. The standard InChI is InChI=1S/C18H32O14/c1-4-7(19)10(22)14(26)17(29-4)32-15-12(24)8(20)5(2)30-18(15)28-3-6-9(21)11(23)13(25)16(27)31-6/h4-27H,3H2,1-2H3. The van der Waals surface area contributed by atoms with E-state index >= 15 is 0 Å². The van der Waals surface area contributed by atoms with E-state index in [4.69, 9.17) is 23.7 Å². The van der Waals surface area contributed by atoms with Gasteiger partial charge in [-0.1, -0.05) is 0 Å². The maximum absolute atomic E-state index is 10.5. The van der Waals surface area contributed by atoms with Gasteiger partial charge in [-0.15, -0.1) is 0 Å². The van der Waals surface area contributed by atoms with Crippen molar-refractivity contribution in [2.75, 3.05) is 6.61 Å². The van der Waals surface area contributed by atoms with Gasteiger partial charge in [-0.3, -0.25) is 0 Å². The van der Waals surface area contributed by atoms with Gasteiger partial charge in [0.2, 0.25) is 0 Å². The second-order valence-corrected chi connectivity index (χ2v) is 8.34. The highest BCUT2D eigenvalue weighted by atomic mass is 16.8. The second-order valence-electron chi connectivity index (χ2n) is 8.34. The van der Waals surface area contributed by atoms with Crippen molar-refractivity contribution in [2.24, 2.45) is 0 Å². The van der Waals surface area contributed by atoms with Crippen LogP contribution in [-0.2, 0) is 23.7 Å². The van der Waals surface area contributed by atoms with E-state index in [-0.39, 0.29) is 0 Å². The van der Waals surface area contributed by atoms with E-state index < -0.39 is 98.7 Å². The molecule has 3 fully saturated rings. The first-order chi connectivity index (χ1) is 14.9. The van der Waals surface area contributed by atoms with E-state index in [1.54, 1.807) is 0 Å². The van der Waals surface area contributed by atoms with Gasteiger partial charge in [-0.2, -0.15) is 0 Å². The summed E-state index contributed by atoms with van der Waals surface area (Å²) >= 11 is 0. The zero-order valence-corrected chi connectivity index (χ0v) is 17.4. The molecule has 0 saturated carbocycles. The van der Waals surface area contributed by atoms with E-state index in [0.29, 0.717) is 0 Å². The smallest absolute Gasteiger partial charge is 0.187 e. The first kappa shape index (κ1) is 26.1. The number of hydrogen-bond acceptors (Lipinski definition) is 14. The SMILES string of the molecule is CC1OC(OC2C(OCC3OC(O)C(O)C(O)C3O)OC(C)C(O)C2O)C(O)C(O)C1O. The van der Waals surface area contributed by atoms with Crippen molar-refractivity contribution in [3.8, 4) is 0 Å². The summed E-state index contributed by atoms with van der Waals surface area (Å²) in [4.78, 5) is 0. The highest BCUT2D eigenvalue weighted by Gasteiger charge is 2.50. The molecule has 0 amide bonds. The van der Waals surface area contributed by atoms with Crippen LogP contribution in [0.4, 0.5) is 0 Å². The van der Waals surface area contributed by atoms with Crippen LogP contribution in [0.1, 0.15) is 13.8 Å². The van der Waals surface area contributed by atoms with E-state index in [1.165, 1.54) is 13.8 Å². The predicted octanol–water partition coefficient (Wildman–Crippen LogP) is -5.52. The Balaban J connectivity index is 1.70. The predicted molar refractivity (Wildman–Crippen MR) is 98.4 cm³/mol. The molecule has 3 aliphatic heterocycles. The van der Waals surface area contributed by atoms with Crippen molar-refractivity contribution in [1.29, 1.82) is 0 Å². The molecule has 0 spiro atoms. The summed E-state index contributed by atoms with van der Waals surface area (Å²) in [7, 11) is 0. The van der Waals surface area contributed by atoms with Crippen molar-refractivity contribution in [3.05, 3.63) is 0 Å². The summed E-state index contributed by atoms with van der Waals surface area (Å²) in [6.07, 6.45) is -22.1. The quantitative estimate of drug-likeness (QED) is 0.182. The van der Waals surface area contributed by atoms with Crippen LogP contribution >= 0.6 is 0 Å². The third-order valence-corrected chi connectivity index (χ3v) is 6.00. The van der Waals surface area contributed by atoms with Crippen molar-refractivity contribution >= 4 is 0 Å². The summed E-state index contributed by atoms with van der Waals surface area (Å²) in [5.74, 6) is 0. The number of aliphatic hydroxyl groups excluding tert-OH is 9. The fourth-order valence-electron chi connectivity index (χ4n) is 3.82. The Morgan fingerprint density at radius 2 is 1.09 bits per heavy atom. The molecular formula is C18H32O14. The fourth-order valence-corrected chi connectivity index (χ4v) is 3.82. The van der Waals surface area contributed by atoms with Crippen LogP contribution in [0.15, 0.2) is 0 Å². The summed E-state index contributed by atoms with van der Waals surface area (Å²) in [5.41, 5.74) is 0. The van der Waals surface area contributed by atoms with Crippen LogP contribution in [0.3, 0.4) is 0 Å². The van der Waals surface area contributed by atoms with Crippen LogP contribution in [0, 0.1) is 0 Å². The molecule has 3 heterocycles. The Kier molecular flexibility index (Phi) is 8.44. The van der Waals surface area contributed by atoms with Gasteiger partial charge >= 0.3 is 0 Å². The van der Waals surface area contributed by atoms with Gasteiger partial charge in [0.15, 0.2) is 18.9 Å². The molecule has 188 valence electrons.